The van der Waals surface area contributed by atoms with E-state index < -0.39 is 0 Å². The molecule has 1 aliphatic heterocycles. The topological polar surface area (TPSA) is 63.9 Å². The van der Waals surface area contributed by atoms with E-state index in [1.165, 1.54) is 11.8 Å². The number of nitrogens with zero attached hydrogens (tertiary/aromatic N) is 5. The van der Waals surface area contributed by atoms with Crippen molar-refractivity contribution in [1.29, 1.82) is 0 Å². The normalized spacial score (nSPS) is 14.9. The lowest BCUT2D eigenvalue weighted by Crippen LogP contribution is -2.34. The highest BCUT2D eigenvalue weighted by Crippen LogP contribution is 2.33. The average molecular weight is 428 g/mol. The lowest BCUT2D eigenvalue weighted by molar-refractivity contribution is -0.129. The number of hydrogen-bond donors (Lipinski definition) is 0. The van der Waals surface area contributed by atoms with E-state index in [-0.39, 0.29) is 11.2 Å². The second-order valence-corrected chi connectivity index (χ2v) is 8.77. The molecule has 1 amide bonds. The maximum Gasteiger partial charge on any atom is 0.235 e. The Bertz CT molecular complexity index is 1020. The number of thioether (sulfide) groups is 1. The minimum atomic E-state index is -0.249. The van der Waals surface area contributed by atoms with E-state index in [0.717, 1.165) is 42.7 Å². The van der Waals surface area contributed by atoms with Gasteiger partial charge in [0.25, 0.3) is 0 Å². The molecule has 1 fully saturated rings. The van der Waals surface area contributed by atoms with Gasteiger partial charge in [0.15, 0.2) is 11.0 Å². The Hall–Kier alpha value is -2.38. The van der Waals surface area contributed by atoms with Crippen LogP contribution >= 0.6 is 23.4 Å². The number of hydrogen-bond acceptors (Lipinski definition) is 5. The van der Waals surface area contributed by atoms with E-state index in [1.54, 1.807) is 12.4 Å². The third kappa shape index (κ3) is 4.02. The zero-order valence-electron chi connectivity index (χ0n) is 16.4. The number of rotatable bonds is 5. The van der Waals surface area contributed by atoms with Gasteiger partial charge >= 0.3 is 0 Å². The molecule has 0 saturated carbocycles. The number of pyridine rings is 1. The predicted octanol–water partition coefficient (Wildman–Crippen LogP) is 4.39. The average Bonchev–Trinajstić information content (AvgIpc) is 3.40. The first-order chi connectivity index (χ1) is 14.1. The SMILES string of the molecule is Cc1c(Cl)cccc1-n1c(SC(C)C(=O)N2CCCC2)nnc1-c1ccncc1. The van der Waals surface area contributed by atoms with E-state index in [2.05, 4.69) is 15.2 Å². The van der Waals surface area contributed by atoms with Gasteiger partial charge in [-0.25, -0.2) is 0 Å². The number of likely N-dealkylation sites (tertiary alicyclic amines) is 1. The van der Waals surface area contributed by atoms with Gasteiger partial charge in [-0.3, -0.25) is 14.3 Å². The second-order valence-electron chi connectivity index (χ2n) is 7.05. The molecule has 1 atom stereocenters. The molecule has 1 unspecified atom stereocenters. The van der Waals surface area contributed by atoms with Crippen LogP contribution in [0.2, 0.25) is 5.02 Å². The third-order valence-electron chi connectivity index (χ3n) is 5.10. The molecule has 150 valence electrons. The summed E-state index contributed by atoms with van der Waals surface area (Å²) in [5.41, 5.74) is 2.74. The van der Waals surface area contributed by atoms with Gasteiger partial charge in [0.1, 0.15) is 0 Å². The minimum absolute atomic E-state index is 0.148. The maximum absolute atomic E-state index is 12.8. The van der Waals surface area contributed by atoms with Gasteiger partial charge in [0.2, 0.25) is 5.91 Å². The molecule has 0 N–H and O–H groups in total. The molecule has 0 aliphatic carbocycles. The number of amides is 1. The monoisotopic (exact) mass is 427 g/mol. The first-order valence-electron chi connectivity index (χ1n) is 9.63. The minimum Gasteiger partial charge on any atom is -0.342 e. The third-order valence-corrected chi connectivity index (χ3v) is 6.54. The molecule has 1 aliphatic rings. The predicted molar refractivity (Wildman–Crippen MR) is 115 cm³/mol. The van der Waals surface area contributed by atoms with Crippen molar-refractivity contribution in [2.45, 2.75) is 37.1 Å². The van der Waals surface area contributed by atoms with Gasteiger partial charge < -0.3 is 4.90 Å². The Morgan fingerprint density at radius 3 is 2.59 bits per heavy atom. The summed E-state index contributed by atoms with van der Waals surface area (Å²) in [7, 11) is 0. The van der Waals surface area contributed by atoms with Gasteiger partial charge in [0, 0.05) is 36.1 Å². The standard InChI is InChI=1S/C21H22ClN5OS/c1-14-17(22)6-5-7-18(14)27-19(16-8-10-23-11-9-16)24-25-21(27)29-15(2)20(28)26-12-3-4-13-26/h5-11,15H,3-4,12-13H2,1-2H3. The number of aromatic nitrogens is 4. The van der Waals surface area contributed by atoms with Crippen molar-refractivity contribution in [3.05, 3.63) is 53.3 Å². The van der Waals surface area contributed by atoms with Crippen molar-refractivity contribution in [2.24, 2.45) is 0 Å². The van der Waals surface area contributed by atoms with Crippen molar-refractivity contribution in [1.82, 2.24) is 24.6 Å². The highest BCUT2D eigenvalue weighted by atomic mass is 35.5. The lowest BCUT2D eigenvalue weighted by Gasteiger charge is -2.20. The summed E-state index contributed by atoms with van der Waals surface area (Å²) >= 11 is 7.82. The zero-order valence-corrected chi connectivity index (χ0v) is 18.0. The molecular weight excluding hydrogens is 406 g/mol. The first kappa shape index (κ1) is 19.9. The molecule has 0 bridgehead atoms. The molecule has 29 heavy (non-hydrogen) atoms. The summed E-state index contributed by atoms with van der Waals surface area (Å²) in [6, 6.07) is 9.56. The smallest absolute Gasteiger partial charge is 0.235 e. The fourth-order valence-electron chi connectivity index (χ4n) is 3.49. The molecule has 8 heteroatoms. The van der Waals surface area contributed by atoms with Crippen LogP contribution < -0.4 is 0 Å². The molecule has 4 rings (SSSR count). The summed E-state index contributed by atoms with van der Waals surface area (Å²) in [6.45, 7) is 5.58. The summed E-state index contributed by atoms with van der Waals surface area (Å²) < 4.78 is 1.98. The van der Waals surface area contributed by atoms with Crippen LogP contribution in [0.5, 0.6) is 0 Å². The fraction of sp³-hybridized carbons (Fsp3) is 0.333. The fourth-order valence-corrected chi connectivity index (χ4v) is 4.61. The lowest BCUT2D eigenvalue weighted by atomic mass is 10.2. The summed E-state index contributed by atoms with van der Waals surface area (Å²) in [5, 5.41) is 9.96. The molecule has 2 aromatic heterocycles. The van der Waals surface area contributed by atoms with Crippen molar-refractivity contribution in [2.75, 3.05) is 13.1 Å². The molecule has 1 aromatic carbocycles. The molecule has 3 aromatic rings. The Kier molecular flexibility index (Phi) is 5.87. The highest BCUT2D eigenvalue weighted by molar-refractivity contribution is 8.00. The van der Waals surface area contributed by atoms with E-state index >= 15 is 0 Å². The van der Waals surface area contributed by atoms with E-state index in [1.807, 2.05) is 53.6 Å². The van der Waals surface area contributed by atoms with Crippen molar-refractivity contribution < 1.29 is 4.79 Å². The van der Waals surface area contributed by atoms with Crippen LogP contribution in [0.3, 0.4) is 0 Å². The van der Waals surface area contributed by atoms with Crippen LogP contribution in [0, 0.1) is 6.92 Å². The summed E-state index contributed by atoms with van der Waals surface area (Å²) in [6.07, 6.45) is 5.61. The van der Waals surface area contributed by atoms with Crippen molar-refractivity contribution in [3.8, 4) is 17.1 Å². The van der Waals surface area contributed by atoms with Crippen molar-refractivity contribution >= 4 is 29.3 Å². The first-order valence-corrected chi connectivity index (χ1v) is 10.9. The van der Waals surface area contributed by atoms with Crippen LogP contribution in [-0.2, 0) is 4.79 Å². The molecular formula is C21H22ClN5OS. The van der Waals surface area contributed by atoms with Crippen molar-refractivity contribution in [3.63, 3.8) is 0 Å². The van der Waals surface area contributed by atoms with Gasteiger partial charge in [-0.05, 0) is 56.5 Å². The molecule has 3 heterocycles. The van der Waals surface area contributed by atoms with E-state index in [4.69, 9.17) is 11.6 Å². The Morgan fingerprint density at radius 2 is 1.86 bits per heavy atom. The van der Waals surface area contributed by atoms with Crippen LogP contribution in [-0.4, -0.2) is 48.9 Å². The van der Waals surface area contributed by atoms with Gasteiger partial charge in [-0.2, -0.15) is 0 Å². The quantitative estimate of drug-likeness (QED) is 0.565. The molecule has 6 nitrogen and oxygen atoms in total. The van der Waals surface area contributed by atoms with Gasteiger partial charge in [-0.1, -0.05) is 29.4 Å². The largest absolute Gasteiger partial charge is 0.342 e. The summed E-state index contributed by atoms with van der Waals surface area (Å²) in [4.78, 5) is 18.8. The van der Waals surface area contributed by atoms with E-state index in [0.29, 0.717) is 16.0 Å². The van der Waals surface area contributed by atoms with Crippen LogP contribution in [0.4, 0.5) is 0 Å². The zero-order chi connectivity index (χ0) is 20.4. The van der Waals surface area contributed by atoms with Gasteiger partial charge in [0.05, 0.1) is 10.9 Å². The molecule has 0 spiro atoms. The van der Waals surface area contributed by atoms with Crippen LogP contribution in [0.15, 0.2) is 47.9 Å². The maximum atomic E-state index is 12.8. The number of carbonyl (C=O) groups is 1. The second kappa shape index (κ2) is 8.55. The highest BCUT2D eigenvalue weighted by Gasteiger charge is 2.27. The summed E-state index contributed by atoms with van der Waals surface area (Å²) in [5.74, 6) is 0.844. The molecule has 1 saturated heterocycles. The van der Waals surface area contributed by atoms with Crippen LogP contribution in [0.1, 0.15) is 25.3 Å². The van der Waals surface area contributed by atoms with Gasteiger partial charge in [-0.15, -0.1) is 10.2 Å². The number of carbonyl (C=O) groups excluding carboxylic acids is 1. The number of benzene rings is 1. The Labute approximate surface area is 179 Å². The van der Waals surface area contributed by atoms with E-state index in [9.17, 15) is 4.79 Å². The van der Waals surface area contributed by atoms with Crippen LogP contribution in [0.25, 0.3) is 17.1 Å². The number of halogens is 1. The Morgan fingerprint density at radius 1 is 1.14 bits per heavy atom. The molecule has 0 radical (unpaired) electrons. The Balaban J connectivity index is 1.75.